The van der Waals surface area contributed by atoms with Crippen molar-refractivity contribution in [1.82, 2.24) is 30.6 Å². The molecule has 3 fully saturated rings. The summed E-state index contributed by atoms with van der Waals surface area (Å²) in [4.78, 5) is 41.1. The minimum Gasteiger partial charge on any atom is -0.348 e. The lowest BCUT2D eigenvalue weighted by Crippen LogP contribution is -2.43. The van der Waals surface area contributed by atoms with Crippen LogP contribution in [0.3, 0.4) is 0 Å². The van der Waals surface area contributed by atoms with Gasteiger partial charge in [-0.1, -0.05) is 129 Å². The fraction of sp³-hybridized carbons (Fsp3) is 0.415. The highest BCUT2D eigenvalue weighted by atomic mass is 32.1. The molecule has 2 amide bonds. The first-order valence-electron chi connectivity index (χ1n) is 19.4. The summed E-state index contributed by atoms with van der Waals surface area (Å²) >= 11 is 3.25. The fourth-order valence-corrected chi connectivity index (χ4v) is 18.5. The van der Waals surface area contributed by atoms with Crippen molar-refractivity contribution in [2.24, 2.45) is 0 Å². The van der Waals surface area contributed by atoms with Crippen LogP contribution in [0.15, 0.2) is 72.8 Å². The standard InChI is InChI=1S/C21H25N3OSSi.C20H25N3OSSi/c25-20(22-16-8-12-27(13-9-16)10-4-5-11-27)17-14-18-19(23-17)24-21(26-18)15-6-2-1-3-7-15;1-26(2)11-6-9-15(10-12-26)21-19(24)16-13-17-18(22-16)23-20(25-17)14-7-4-3-5-8-14/h1-3,6-7,14,16,23H,4-5,8-13H2,(H,22,25);3-5,7-8,13,15,22H,6,9-12H2,1-2H3,(H,21,24). The van der Waals surface area contributed by atoms with Crippen LogP contribution in [0.2, 0.25) is 49.4 Å². The van der Waals surface area contributed by atoms with Gasteiger partial charge in [0.15, 0.2) is 0 Å². The minimum atomic E-state index is -1.03. The average molecular weight is 779 g/mol. The normalized spacial score (nSPS) is 19.8. The molecule has 0 radical (unpaired) electrons. The van der Waals surface area contributed by atoms with Crippen molar-refractivity contribution in [3.8, 4) is 21.1 Å². The molecule has 3 aliphatic heterocycles. The van der Waals surface area contributed by atoms with E-state index in [2.05, 4.69) is 67.9 Å². The number of carbonyl (C=O) groups is 2. The maximum atomic E-state index is 12.7. The Morgan fingerprint density at radius 1 is 0.623 bits per heavy atom. The molecule has 4 N–H and O–H groups in total. The quantitative estimate of drug-likeness (QED) is 0.126. The monoisotopic (exact) mass is 778 g/mol. The Morgan fingerprint density at radius 3 is 1.58 bits per heavy atom. The minimum absolute atomic E-state index is 0.00262. The number of H-pyrrole nitrogens is 2. The van der Waals surface area contributed by atoms with Crippen LogP contribution in [-0.2, 0) is 0 Å². The van der Waals surface area contributed by atoms with Crippen LogP contribution in [0.25, 0.3) is 41.8 Å². The van der Waals surface area contributed by atoms with E-state index in [4.69, 9.17) is 0 Å². The fourth-order valence-electron chi connectivity index (χ4n) is 8.61. The zero-order valence-electron chi connectivity index (χ0n) is 30.8. The first-order chi connectivity index (χ1) is 25.7. The second-order valence-electron chi connectivity index (χ2n) is 16.3. The molecule has 1 atom stereocenters. The molecule has 3 aliphatic rings. The molecule has 12 heteroatoms. The van der Waals surface area contributed by atoms with Crippen LogP contribution in [0, 0.1) is 0 Å². The number of aromatic nitrogens is 4. The van der Waals surface area contributed by atoms with Gasteiger partial charge in [0, 0.05) is 31.3 Å². The second-order valence-corrected chi connectivity index (χ2v) is 28.7. The number of nitrogens with zero attached hydrogens (tertiary/aromatic N) is 2. The Kier molecular flexibility index (Phi) is 10.6. The SMILES string of the molecule is C[Si]1(C)CCCC(NC(=O)c2cc3sc(-c4ccccc4)nc3[nH]2)CC1.O=C(NC1CC[Si]2(CCCC2)CC1)c1cc2sc(-c3ccccc3)nc2[nH]1. The summed E-state index contributed by atoms with van der Waals surface area (Å²) in [7, 11) is -1.95. The highest BCUT2D eigenvalue weighted by Gasteiger charge is 2.39. The lowest BCUT2D eigenvalue weighted by atomic mass is 10.1. The molecule has 276 valence electrons. The third-order valence-electron chi connectivity index (χ3n) is 11.9. The van der Waals surface area contributed by atoms with Crippen LogP contribution in [0.1, 0.15) is 65.9 Å². The molecular formula is C41H50N6O2S2Si2. The molecule has 7 heterocycles. The van der Waals surface area contributed by atoms with Gasteiger partial charge in [0.1, 0.15) is 32.7 Å². The number of thiazole rings is 2. The van der Waals surface area contributed by atoms with Gasteiger partial charge in [0.2, 0.25) is 0 Å². The van der Waals surface area contributed by atoms with E-state index in [0.29, 0.717) is 23.5 Å². The van der Waals surface area contributed by atoms with Crippen molar-refractivity contribution in [3.05, 3.63) is 84.2 Å². The zero-order valence-corrected chi connectivity index (χ0v) is 34.4. The highest BCUT2D eigenvalue weighted by molar-refractivity contribution is 7.22. The van der Waals surface area contributed by atoms with Gasteiger partial charge in [0.05, 0.1) is 17.5 Å². The molecule has 1 spiro atoms. The molecular weight excluding hydrogens is 729 g/mol. The van der Waals surface area contributed by atoms with Gasteiger partial charge >= 0.3 is 0 Å². The number of fused-ring (bicyclic) bond motifs is 2. The summed E-state index contributed by atoms with van der Waals surface area (Å²) in [6, 6.07) is 33.5. The second kappa shape index (κ2) is 15.5. The molecule has 2 aromatic carbocycles. The summed E-state index contributed by atoms with van der Waals surface area (Å²) in [6.45, 7) is 4.93. The van der Waals surface area contributed by atoms with Crippen molar-refractivity contribution in [1.29, 1.82) is 0 Å². The number of nitrogens with one attached hydrogen (secondary N) is 4. The summed E-state index contributed by atoms with van der Waals surface area (Å²) < 4.78 is 2.07. The van der Waals surface area contributed by atoms with Gasteiger partial charge in [-0.05, 0) is 37.8 Å². The lowest BCUT2D eigenvalue weighted by Gasteiger charge is -2.35. The van der Waals surface area contributed by atoms with E-state index in [0.717, 1.165) is 54.7 Å². The molecule has 1 unspecified atom stereocenters. The largest absolute Gasteiger partial charge is 0.348 e. The molecule has 0 saturated carbocycles. The number of aromatic amines is 2. The Balaban J connectivity index is 0.000000151. The zero-order chi connectivity index (χ0) is 36.4. The van der Waals surface area contributed by atoms with Gasteiger partial charge in [-0.2, -0.15) is 0 Å². The molecule has 53 heavy (non-hydrogen) atoms. The van der Waals surface area contributed by atoms with Crippen molar-refractivity contribution in [2.75, 3.05) is 0 Å². The van der Waals surface area contributed by atoms with Gasteiger partial charge in [0.25, 0.3) is 11.8 Å². The van der Waals surface area contributed by atoms with Gasteiger partial charge in [-0.15, -0.1) is 22.7 Å². The molecule has 0 aliphatic carbocycles. The number of carbonyl (C=O) groups excluding carboxylic acids is 2. The van der Waals surface area contributed by atoms with Crippen LogP contribution in [0.4, 0.5) is 0 Å². The highest BCUT2D eigenvalue weighted by Crippen LogP contribution is 2.42. The van der Waals surface area contributed by atoms with Crippen molar-refractivity contribution < 1.29 is 9.59 Å². The van der Waals surface area contributed by atoms with Crippen LogP contribution in [-0.4, -0.2) is 60.0 Å². The molecule has 3 saturated heterocycles. The number of amides is 2. The smallest absolute Gasteiger partial charge is 0.268 e. The van der Waals surface area contributed by atoms with Crippen LogP contribution < -0.4 is 10.6 Å². The summed E-state index contributed by atoms with van der Waals surface area (Å²) in [5.41, 5.74) is 5.10. The maximum Gasteiger partial charge on any atom is 0.268 e. The van der Waals surface area contributed by atoms with E-state index >= 15 is 0 Å². The number of rotatable bonds is 6. The van der Waals surface area contributed by atoms with E-state index < -0.39 is 16.1 Å². The predicted octanol–water partition coefficient (Wildman–Crippen LogP) is 10.7. The van der Waals surface area contributed by atoms with E-state index in [1.165, 1.54) is 68.4 Å². The van der Waals surface area contributed by atoms with E-state index in [-0.39, 0.29) is 11.8 Å². The first-order valence-corrected chi connectivity index (χ1v) is 27.3. The lowest BCUT2D eigenvalue weighted by molar-refractivity contribution is 0.0921. The predicted molar refractivity (Wildman–Crippen MR) is 226 cm³/mol. The van der Waals surface area contributed by atoms with Gasteiger partial charge in [-0.3, -0.25) is 9.59 Å². The third kappa shape index (κ3) is 8.45. The summed E-state index contributed by atoms with van der Waals surface area (Å²) in [6.07, 6.45) is 8.75. The topological polar surface area (TPSA) is 116 Å². The van der Waals surface area contributed by atoms with Crippen molar-refractivity contribution in [2.45, 2.75) is 106 Å². The van der Waals surface area contributed by atoms with Crippen molar-refractivity contribution in [3.63, 3.8) is 0 Å². The third-order valence-corrected chi connectivity index (χ3v) is 22.8. The average Bonchev–Trinajstić information content (AvgIpc) is 3.99. The molecule has 4 aromatic heterocycles. The first kappa shape index (κ1) is 36.1. The van der Waals surface area contributed by atoms with Crippen LogP contribution >= 0.6 is 22.7 Å². The summed E-state index contributed by atoms with van der Waals surface area (Å²) in [5.74, 6) is 0.0262. The number of hydrogen-bond acceptors (Lipinski definition) is 6. The Labute approximate surface area is 321 Å². The van der Waals surface area contributed by atoms with Crippen LogP contribution in [0.5, 0.6) is 0 Å². The Hall–Kier alpha value is -3.85. The van der Waals surface area contributed by atoms with Gasteiger partial charge < -0.3 is 20.6 Å². The number of benzene rings is 2. The Bertz CT molecular complexity index is 2110. The van der Waals surface area contributed by atoms with E-state index in [1.54, 1.807) is 22.7 Å². The van der Waals surface area contributed by atoms with E-state index in [9.17, 15) is 9.59 Å². The van der Waals surface area contributed by atoms with E-state index in [1.807, 2.05) is 48.5 Å². The molecule has 0 bridgehead atoms. The molecule has 6 aromatic rings. The van der Waals surface area contributed by atoms with Crippen molar-refractivity contribution >= 4 is 71.3 Å². The number of hydrogen-bond donors (Lipinski definition) is 4. The molecule has 9 rings (SSSR count). The Morgan fingerprint density at radius 2 is 1.09 bits per heavy atom. The van der Waals surface area contributed by atoms with Gasteiger partial charge in [-0.25, -0.2) is 9.97 Å². The molecule has 8 nitrogen and oxygen atoms in total. The summed E-state index contributed by atoms with van der Waals surface area (Å²) in [5, 5.41) is 8.48. The maximum absolute atomic E-state index is 12.7.